The molecule has 1 aliphatic rings. The van der Waals surface area contributed by atoms with Gasteiger partial charge in [-0.2, -0.15) is 0 Å². The van der Waals surface area contributed by atoms with Gasteiger partial charge >= 0.3 is 5.97 Å². The predicted octanol–water partition coefficient (Wildman–Crippen LogP) is 3.95. The molecule has 0 saturated carbocycles. The molecule has 0 bridgehead atoms. The molecule has 3 aromatic heterocycles. The van der Waals surface area contributed by atoms with E-state index in [9.17, 15) is 4.79 Å². The second kappa shape index (κ2) is 9.26. The van der Waals surface area contributed by atoms with Crippen LogP contribution in [0.4, 0.5) is 0 Å². The van der Waals surface area contributed by atoms with Crippen molar-refractivity contribution in [3.8, 4) is 22.6 Å². The third-order valence-electron chi connectivity index (χ3n) is 5.75. The standard InChI is InChI=1S/C26H23N5O2/c1-33-26(32)20-7-5-18(6-8-20)23-4-2-3-22(29-23)17-31-14-11-24-21(16-31)15-28-25(30-24)19-9-12-27-13-10-19/h2-10,12-13,15H,11,14,16-17H2,1H3. The fourth-order valence-corrected chi connectivity index (χ4v) is 4.00. The number of nitrogens with zero attached hydrogens (tertiary/aromatic N) is 5. The monoisotopic (exact) mass is 437 g/mol. The van der Waals surface area contributed by atoms with Gasteiger partial charge in [-0.15, -0.1) is 0 Å². The van der Waals surface area contributed by atoms with Gasteiger partial charge in [0.1, 0.15) is 0 Å². The van der Waals surface area contributed by atoms with Crippen LogP contribution in [-0.4, -0.2) is 44.5 Å². The van der Waals surface area contributed by atoms with E-state index in [2.05, 4.69) is 14.9 Å². The van der Waals surface area contributed by atoms with Crippen molar-refractivity contribution in [2.24, 2.45) is 0 Å². The Morgan fingerprint density at radius 3 is 2.61 bits per heavy atom. The number of carbonyl (C=O) groups excluding carboxylic acids is 1. The van der Waals surface area contributed by atoms with Crippen molar-refractivity contribution < 1.29 is 9.53 Å². The number of rotatable bonds is 5. The van der Waals surface area contributed by atoms with Gasteiger partial charge in [-0.05, 0) is 36.4 Å². The second-order valence-electron chi connectivity index (χ2n) is 7.95. The van der Waals surface area contributed by atoms with Gasteiger partial charge in [0.25, 0.3) is 0 Å². The number of benzene rings is 1. The molecule has 0 atom stereocenters. The normalized spacial score (nSPS) is 13.4. The first-order valence-electron chi connectivity index (χ1n) is 10.8. The lowest BCUT2D eigenvalue weighted by molar-refractivity contribution is 0.0600. The average Bonchev–Trinajstić information content (AvgIpc) is 2.88. The summed E-state index contributed by atoms with van der Waals surface area (Å²) in [5, 5.41) is 0. The van der Waals surface area contributed by atoms with Gasteiger partial charge in [0.15, 0.2) is 5.82 Å². The number of aromatic nitrogens is 4. The van der Waals surface area contributed by atoms with Crippen LogP contribution < -0.4 is 0 Å². The summed E-state index contributed by atoms with van der Waals surface area (Å²) in [6.45, 7) is 2.46. The zero-order valence-corrected chi connectivity index (χ0v) is 18.3. The molecule has 0 N–H and O–H groups in total. The molecule has 164 valence electrons. The van der Waals surface area contributed by atoms with E-state index >= 15 is 0 Å². The van der Waals surface area contributed by atoms with E-state index in [1.807, 2.05) is 48.7 Å². The van der Waals surface area contributed by atoms with E-state index < -0.39 is 0 Å². The molecule has 1 aliphatic heterocycles. The Bertz CT molecular complexity index is 1280. The molecule has 0 saturated heterocycles. The highest BCUT2D eigenvalue weighted by molar-refractivity contribution is 5.89. The topological polar surface area (TPSA) is 81.1 Å². The second-order valence-corrected chi connectivity index (χ2v) is 7.95. The highest BCUT2D eigenvalue weighted by Gasteiger charge is 2.19. The molecule has 7 heteroatoms. The Hall–Kier alpha value is -3.97. The molecule has 4 heterocycles. The van der Waals surface area contributed by atoms with Crippen molar-refractivity contribution >= 4 is 5.97 Å². The lowest BCUT2D eigenvalue weighted by Gasteiger charge is -2.27. The SMILES string of the molecule is COC(=O)c1ccc(-c2cccc(CN3CCc4nc(-c5ccncc5)ncc4C3)n2)cc1. The third-order valence-corrected chi connectivity index (χ3v) is 5.75. The van der Waals surface area contributed by atoms with Crippen molar-refractivity contribution in [2.75, 3.05) is 13.7 Å². The molecular formula is C26H23N5O2. The van der Waals surface area contributed by atoms with Gasteiger partial charge in [0.2, 0.25) is 0 Å². The van der Waals surface area contributed by atoms with Crippen LogP contribution in [0.25, 0.3) is 22.6 Å². The first kappa shape index (κ1) is 20.9. The zero-order valence-electron chi connectivity index (χ0n) is 18.3. The molecule has 0 unspecified atom stereocenters. The van der Waals surface area contributed by atoms with Crippen LogP contribution in [0.2, 0.25) is 0 Å². The number of hydrogen-bond acceptors (Lipinski definition) is 7. The maximum absolute atomic E-state index is 11.7. The van der Waals surface area contributed by atoms with E-state index in [0.717, 1.165) is 65.7 Å². The Kier molecular flexibility index (Phi) is 5.87. The Balaban J connectivity index is 1.29. The van der Waals surface area contributed by atoms with E-state index in [1.54, 1.807) is 24.5 Å². The Labute approximate surface area is 192 Å². The molecule has 4 aromatic rings. The number of carbonyl (C=O) groups is 1. The Morgan fingerprint density at radius 1 is 1.00 bits per heavy atom. The smallest absolute Gasteiger partial charge is 0.337 e. The van der Waals surface area contributed by atoms with Crippen LogP contribution in [0.1, 0.15) is 27.3 Å². The van der Waals surface area contributed by atoms with Gasteiger partial charge < -0.3 is 4.74 Å². The lowest BCUT2D eigenvalue weighted by atomic mass is 10.1. The molecule has 0 aliphatic carbocycles. The summed E-state index contributed by atoms with van der Waals surface area (Å²) in [7, 11) is 1.38. The quantitative estimate of drug-likeness (QED) is 0.437. The number of methoxy groups -OCH3 is 1. The van der Waals surface area contributed by atoms with Crippen molar-refractivity contribution in [3.05, 3.63) is 95.7 Å². The van der Waals surface area contributed by atoms with E-state index in [0.29, 0.717) is 5.56 Å². The van der Waals surface area contributed by atoms with Crippen LogP contribution in [-0.2, 0) is 24.2 Å². The fraction of sp³-hybridized carbons (Fsp3) is 0.192. The minimum Gasteiger partial charge on any atom is -0.465 e. The van der Waals surface area contributed by atoms with Gasteiger partial charge in [-0.1, -0.05) is 18.2 Å². The van der Waals surface area contributed by atoms with Gasteiger partial charge in [-0.25, -0.2) is 14.8 Å². The first-order valence-corrected chi connectivity index (χ1v) is 10.8. The summed E-state index contributed by atoms with van der Waals surface area (Å²) in [5.41, 5.74) is 6.63. The molecule has 0 fully saturated rings. The number of hydrogen-bond donors (Lipinski definition) is 0. The fourth-order valence-electron chi connectivity index (χ4n) is 4.00. The van der Waals surface area contributed by atoms with E-state index in [-0.39, 0.29) is 5.97 Å². The van der Waals surface area contributed by atoms with Crippen LogP contribution >= 0.6 is 0 Å². The molecule has 0 radical (unpaired) electrons. The number of pyridine rings is 2. The minimum absolute atomic E-state index is 0.342. The van der Waals surface area contributed by atoms with Crippen molar-refractivity contribution in [1.29, 1.82) is 0 Å². The molecule has 33 heavy (non-hydrogen) atoms. The zero-order chi connectivity index (χ0) is 22.6. The maximum Gasteiger partial charge on any atom is 0.337 e. The van der Waals surface area contributed by atoms with Crippen molar-refractivity contribution in [2.45, 2.75) is 19.5 Å². The Morgan fingerprint density at radius 2 is 1.82 bits per heavy atom. The predicted molar refractivity (Wildman–Crippen MR) is 124 cm³/mol. The number of ether oxygens (including phenoxy) is 1. The largest absolute Gasteiger partial charge is 0.465 e. The highest BCUT2D eigenvalue weighted by Crippen LogP contribution is 2.23. The molecular weight excluding hydrogens is 414 g/mol. The number of fused-ring (bicyclic) bond motifs is 1. The molecule has 0 amide bonds. The van der Waals surface area contributed by atoms with Crippen molar-refractivity contribution in [1.82, 2.24) is 24.8 Å². The number of esters is 1. The summed E-state index contributed by atoms with van der Waals surface area (Å²) in [6.07, 6.45) is 6.34. The summed E-state index contributed by atoms with van der Waals surface area (Å²) in [6, 6.07) is 17.2. The minimum atomic E-state index is -0.342. The summed E-state index contributed by atoms with van der Waals surface area (Å²) < 4.78 is 4.77. The summed E-state index contributed by atoms with van der Waals surface area (Å²) in [4.78, 5) is 32.3. The highest BCUT2D eigenvalue weighted by atomic mass is 16.5. The lowest BCUT2D eigenvalue weighted by Crippen LogP contribution is -2.31. The molecule has 1 aromatic carbocycles. The maximum atomic E-state index is 11.7. The average molecular weight is 438 g/mol. The third kappa shape index (κ3) is 4.63. The van der Waals surface area contributed by atoms with Gasteiger partial charge in [-0.3, -0.25) is 14.9 Å². The van der Waals surface area contributed by atoms with Crippen molar-refractivity contribution in [3.63, 3.8) is 0 Å². The first-order chi connectivity index (χ1) is 16.2. The van der Waals surface area contributed by atoms with Gasteiger partial charge in [0.05, 0.1) is 29.8 Å². The molecule has 7 nitrogen and oxygen atoms in total. The van der Waals surface area contributed by atoms with Crippen LogP contribution in [0.3, 0.4) is 0 Å². The summed E-state index contributed by atoms with van der Waals surface area (Å²) in [5.74, 6) is 0.405. The van der Waals surface area contributed by atoms with Crippen LogP contribution in [0, 0.1) is 0 Å². The summed E-state index contributed by atoms with van der Waals surface area (Å²) >= 11 is 0. The van der Waals surface area contributed by atoms with Crippen LogP contribution in [0.15, 0.2) is 73.2 Å². The molecule has 5 rings (SSSR count). The van der Waals surface area contributed by atoms with Gasteiger partial charge in [0, 0.05) is 61.3 Å². The van der Waals surface area contributed by atoms with Crippen LogP contribution in [0.5, 0.6) is 0 Å². The van der Waals surface area contributed by atoms with E-state index in [4.69, 9.17) is 14.7 Å². The molecule has 0 spiro atoms. The van der Waals surface area contributed by atoms with E-state index in [1.165, 1.54) is 7.11 Å².